The number of hydrogen-bond donors (Lipinski definition) is 0. The molecule has 0 aromatic heterocycles. The normalized spacial score (nSPS) is 14.5. The maximum Gasteiger partial charge on any atom is 0.123 e. The third-order valence-electron chi connectivity index (χ3n) is 2.74. The van der Waals surface area contributed by atoms with Crippen LogP contribution in [0.2, 0.25) is 0 Å². The van der Waals surface area contributed by atoms with Gasteiger partial charge in [0.2, 0.25) is 0 Å². The molecule has 74 valence electrons. The van der Waals surface area contributed by atoms with E-state index in [1.54, 1.807) is 6.07 Å². The second-order valence-electron chi connectivity index (χ2n) is 3.76. The molecule has 0 aliphatic rings. The van der Waals surface area contributed by atoms with Gasteiger partial charge >= 0.3 is 0 Å². The van der Waals surface area contributed by atoms with E-state index in [0.717, 1.165) is 17.5 Å². The van der Waals surface area contributed by atoms with E-state index in [-0.39, 0.29) is 5.82 Å². The Bertz CT molecular complexity index is 378. The summed E-state index contributed by atoms with van der Waals surface area (Å²) in [6, 6.07) is 6.87. The van der Waals surface area contributed by atoms with Gasteiger partial charge in [0.25, 0.3) is 0 Å². The predicted octanol–water partition coefficient (Wildman–Crippen LogP) is 3.33. The number of aryl methyl sites for hydroxylation is 1. The number of nitriles is 1. The minimum Gasteiger partial charge on any atom is -0.207 e. The maximum atomic E-state index is 12.9. The van der Waals surface area contributed by atoms with E-state index >= 15 is 0 Å². The molecule has 0 saturated carbocycles. The fraction of sp³-hybridized carbons (Fsp3) is 0.417. The van der Waals surface area contributed by atoms with Gasteiger partial charge in [-0.15, -0.1) is 0 Å². The first kappa shape index (κ1) is 10.7. The Morgan fingerprint density at radius 1 is 1.50 bits per heavy atom. The van der Waals surface area contributed by atoms with E-state index in [1.165, 1.54) is 12.1 Å². The molecule has 14 heavy (non-hydrogen) atoms. The van der Waals surface area contributed by atoms with Gasteiger partial charge in [-0.1, -0.05) is 13.0 Å². The SMILES string of the molecule is CCC(C)(C#N)c1ccc(F)cc1C. The van der Waals surface area contributed by atoms with Crippen LogP contribution in [0.3, 0.4) is 0 Å². The molecule has 0 saturated heterocycles. The molecule has 0 heterocycles. The van der Waals surface area contributed by atoms with Crippen LogP contribution in [0.25, 0.3) is 0 Å². The minimum absolute atomic E-state index is 0.248. The molecule has 0 fully saturated rings. The minimum atomic E-state index is -0.502. The summed E-state index contributed by atoms with van der Waals surface area (Å²) in [5.41, 5.74) is 1.26. The molecule has 0 amide bonds. The number of rotatable bonds is 2. The number of nitrogens with zero attached hydrogens (tertiary/aromatic N) is 1. The molecule has 1 rings (SSSR count). The van der Waals surface area contributed by atoms with E-state index in [4.69, 9.17) is 5.26 Å². The molecule has 1 nitrogen and oxygen atoms in total. The van der Waals surface area contributed by atoms with E-state index in [1.807, 2.05) is 20.8 Å². The van der Waals surface area contributed by atoms with Crippen LogP contribution in [-0.2, 0) is 5.41 Å². The van der Waals surface area contributed by atoms with E-state index in [0.29, 0.717) is 0 Å². The van der Waals surface area contributed by atoms with Crippen LogP contribution in [0.4, 0.5) is 4.39 Å². The Morgan fingerprint density at radius 2 is 2.14 bits per heavy atom. The monoisotopic (exact) mass is 191 g/mol. The third-order valence-corrected chi connectivity index (χ3v) is 2.74. The lowest BCUT2D eigenvalue weighted by Gasteiger charge is -2.22. The highest BCUT2D eigenvalue weighted by atomic mass is 19.1. The molecule has 0 aliphatic carbocycles. The van der Waals surface area contributed by atoms with Crippen molar-refractivity contribution in [1.29, 1.82) is 5.26 Å². The van der Waals surface area contributed by atoms with Gasteiger partial charge in [0.1, 0.15) is 5.82 Å². The molecular weight excluding hydrogens is 177 g/mol. The van der Waals surface area contributed by atoms with Crippen LogP contribution in [0.5, 0.6) is 0 Å². The number of hydrogen-bond acceptors (Lipinski definition) is 1. The fourth-order valence-corrected chi connectivity index (χ4v) is 1.58. The molecule has 0 radical (unpaired) electrons. The second-order valence-corrected chi connectivity index (χ2v) is 3.76. The molecule has 0 N–H and O–H groups in total. The molecule has 0 aliphatic heterocycles. The Balaban J connectivity index is 3.26. The maximum absolute atomic E-state index is 12.9. The van der Waals surface area contributed by atoms with Gasteiger partial charge in [0.15, 0.2) is 0 Å². The highest BCUT2D eigenvalue weighted by Crippen LogP contribution is 2.29. The lowest BCUT2D eigenvalue weighted by molar-refractivity contribution is 0.576. The smallest absolute Gasteiger partial charge is 0.123 e. The van der Waals surface area contributed by atoms with Crippen molar-refractivity contribution < 1.29 is 4.39 Å². The van der Waals surface area contributed by atoms with Crippen molar-refractivity contribution in [2.24, 2.45) is 0 Å². The van der Waals surface area contributed by atoms with E-state index in [9.17, 15) is 4.39 Å². The molecule has 1 atom stereocenters. The first-order valence-corrected chi connectivity index (χ1v) is 4.71. The largest absolute Gasteiger partial charge is 0.207 e. The van der Waals surface area contributed by atoms with Crippen LogP contribution in [0, 0.1) is 24.1 Å². The van der Waals surface area contributed by atoms with Gasteiger partial charge in [0, 0.05) is 0 Å². The van der Waals surface area contributed by atoms with Crippen molar-refractivity contribution in [3.8, 4) is 6.07 Å². The van der Waals surface area contributed by atoms with Gasteiger partial charge in [-0.3, -0.25) is 0 Å². The first-order valence-electron chi connectivity index (χ1n) is 4.71. The molecule has 1 unspecified atom stereocenters. The zero-order chi connectivity index (χ0) is 10.8. The summed E-state index contributed by atoms with van der Waals surface area (Å²) in [4.78, 5) is 0. The van der Waals surface area contributed by atoms with E-state index < -0.39 is 5.41 Å². The zero-order valence-corrected chi connectivity index (χ0v) is 8.76. The van der Waals surface area contributed by atoms with Gasteiger partial charge in [-0.25, -0.2) is 4.39 Å². The fourth-order valence-electron chi connectivity index (χ4n) is 1.58. The zero-order valence-electron chi connectivity index (χ0n) is 8.76. The third kappa shape index (κ3) is 1.77. The lowest BCUT2D eigenvalue weighted by atomic mass is 9.79. The Morgan fingerprint density at radius 3 is 2.57 bits per heavy atom. The molecule has 1 aromatic rings. The first-order chi connectivity index (χ1) is 6.53. The van der Waals surface area contributed by atoms with Crippen LogP contribution in [-0.4, -0.2) is 0 Å². The topological polar surface area (TPSA) is 23.8 Å². The van der Waals surface area contributed by atoms with Gasteiger partial charge in [0.05, 0.1) is 11.5 Å². The summed E-state index contributed by atoms with van der Waals surface area (Å²) in [5, 5.41) is 9.09. The Kier molecular flexibility index (Phi) is 2.90. The summed E-state index contributed by atoms with van der Waals surface area (Å²) < 4.78 is 12.9. The van der Waals surface area contributed by atoms with Gasteiger partial charge < -0.3 is 0 Å². The number of halogens is 1. The average Bonchev–Trinajstić information content (AvgIpc) is 2.17. The van der Waals surface area contributed by atoms with Crippen molar-refractivity contribution in [2.75, 3.05) is 0 Å². The predicted molar refractivity (Wildman–Crippen MR) is 54.4 cm³/mol. The quantitative estimate of drug-likeness (QED) is 0.703. The van der Waals surface area contributed by atoms with Crippen LogP contribution < -0.4 is 0 Å². The summed E-state index contributed by atoms with van der Waals surface area (Å²) >= 11 is 0. The standard InChI is InChI=1S/C12H14FN/c1-4-12(3,8-14)11-6-5-10(13)7-9(11)2/h5-7H,4H2,1-3H3. The summed E-state index contributed by atoms with van der Waals surface area (Å²) in [6.45, 7) is 5.68. The van der Waals surface area contributed by atoms with Crippen molar-refractivity contribution >= 4 is 0 Å². The number of benzene rings is 1. The molecule has 2 heteroatoms. The molecule has 0 bridgehead atoms. The summed E-state index contributed by atoms with van der Waals surface area (Å²) in [5.74, 6) is -0.248. The van der Waals surface area contributed by atoms with Gasteiger partial charge in [-0.05, 0) is 43.5 Å². The van der Waals surface area contributed by atoms with Crippen molar-refractivity contribution in [1.82, 2.24) is 0 Å². The average molecular weight is 191 g/mol. The Labute approximate surface area is 84.2 Å². The molecular formula is C12H14FN. The van der Waals surface area contributed by atoms with Crippen molar-refractivity contribution in [3.63, 3.8) is 0 Å². The second kappa shape index (κ2) is 3.79. The summed E-state index contributed by atoms with van der Waals surface area (Å²) in [6.07, 6.45) is 0.732. The van der Waals surface area contributed by atoms with Crippen LogP contribution >= 0.6 is 0 Å². The van der Waals surface area contributed by atoms with Crippen LogP contribution in [0.1, 0.15) is 31.4 Å². The molecule has 1 aromatic carbocycles. The lowest BCUT2D eigenvalue weighted by Crippen LogP contribution is -2.19. The van der Waals surface area contributed by atoms with Crippen molar-refractivity contribution in [3.05, 3.63) is 35.1 Å². The highest BCUT2D eigenvalue weighted by Gasteiger charge is 2.25. The highest BCUT2D eigenvalue weighted by molar-refractivity contribution is 5.37. The molecule has 0 spiro atoms. The van der Waals surface area contributed by atoms with Gasteiger partial charge in [-0.2, -0.15) is 5.26 Å². The van der Waals surface area contributed by atoms with Crippen LogP contribution in [0.15, 0.2) is 18.2 Å². The van der Waals surface area contributed by atoms with Crippen molar-refractivity contribution in [2.45, 2.75) is 32.6 Å². The summed E-state index contributed by atoms with van der Waals surface area (Å²) in [7, 11) is 0. The van der Waals surface area contributed by atoms with E-state index in [2.05, 4.69) is 6.07 Å². The Hall–Kier alpha value is -1.36.